The molecule has 0 radical (unpaired) electrons. The van der Waals surface area contributed by atoms with E-state index < -0.39 is 0 Å². The van der Waals surface area contributed by atoms with Crippen molar-refractivity contribution >= 4 is 10.9 Å². The van der Waals surface area contributed by atoms with E-state index in [0.717, 1.165) is 10.9 Å². The van der Waals surface area contributed by atoms with Gasteiger partial charge in [-0.05, 0) is 13.0 Å². The highest BCUT2D eigenvalue weighted by molar-refractivity contribution is 5.90. The fourth-order valence-corrected chi connectivity index (χ4v) is 1.52. The van der Waals surface area contributed by atoms with E-state index in [2.05, 4.69) is 20.3 Å². The minimum atomic E-state index is 0.449. The zero-order chi connectivity index (χ0) is 10.3. The van der Waals surface area contributed by atoms with E-state index >= 15 is 0 Å². The van der Waals surface area contributed by atoms with Crippen molar-refractivity contribution in [2.45, 2.75) is 6.92 Å². The summed E-state index contributed by atoms with van der Waals surface area (Å²) < 4.78 is 5.07. The van der Waals surface area contributed by atoms with E-state index in [0.29, 0.717) is 17.4 Å². The molecule has 0 unspecified atom stereocenters. The maximum absolute atomic E-state index is 5.07. The number of hydrogen-bond donors (Lipinski definition) is 1. The molecule has 2 heterocycles. The van der Waals surface area contributed by atoms with Gasteiger partial charge in [0.25, 0.3) is 5.89 Å². The van der Waals surface area contributed by atoms with Crippen molar-refractivity contribution in [1.82, 2.24) is 20.3 Å². The molecule has 5 nitrogen and oxygen atoms in total. The maximum atomic E-state index is 5.07. The van der Waals surface area contributed by atoms with Gasteiger partial charge in [-0.3, -0.25) is 5.10 Å². The molecule has 0 fully saturated rings. The molecular formula is C10H8N4O. The summed E-state index contributed by atoms with van der Waals surface area (Å²) in [6, 6.07) is 7.82. The number of nitrogens with zero attached hydrogens (tertiary/aromatic N) is 3. The van der Waals surface area contributed by atoms with Gasteiger partial charge in [-0.2, -0.15) is 10.1 Å². The SMILES string of the molecule is Cc1noc(-c2n[nH]c3ccccc23)n1. The maximum Gasteiger partial charge on any atom is 0.279 e. The zero-order valence-electron chi connectivity index (χ0n) is 8.06. The second kappa shape index (κ2) is 2.91. The minimum absolute atomic E-state index is 0.449. The van der Waals surface area contributed by atoms with Crippen molar-refractivity contribution in [2.75, 3.05) is 0 Å². The van der Waals surface area contributed by atoms with Crippen molar-refractivity contribution in [3.63, 3.8) is 0 Å². The molecule has 0 aliphatic rings. The first kappa shape index (κ1) is 8.16. The van der Waals surface area contributed by atoms with Crippen LogP contribution in [0.1, 0.15) is 5.82 Å². The second-order valence-corrected chi connectivity index (χ2v) is 3.26. The highest BCUT2D eigenvalue weighted by atomic mass is 16.5. The first-order valence-electron chi connectivity index (χ1n) is 4.58. The van der Waals surface area contributed by atoms with Crippen molar-refractivity contribution in [1.29, 1.82) is 0 Å². The summed E-state index contributed by atoms with van der Waals surface area (Å²) in [5, 5.41) is 11.8. The number of aromatic nitrogens is 4. The number of fused-ring (bicyclic) bond motifs is 1. The highest BCUT2D eigenvalue weighted by Crippen LogP contribution is 2.24. The first-order chi connectivity index (χ1) is 7.34. The van der Waals surface area contributed by atoms with Crippen LogP contribution in [0.3, 0.4) is 0 Å². The van der Waals surface area contributed by atoms with Gasteiger partial charge in [-0.25, -0.2) is 0 Å². The Labute approximate surface area is 85.1 Å². The monoisotopic (exact) mass is 200 g/mol. The van der Waals surface area contributed by atoms with Gasteiger partial charge in [0.2, 0.25) is 0 Å². The van der Waals surface area contributed by atoms with Gasteiger partial charge < -0.3 is 4.52 Å². The van der Waals surface area contributed by atoms with E-state index in [1.54, 1.807) is 6.92 Å². The number of aryl methyl sites for hydroxylation is 1. The molecule has 2 aromatic heterocycles. The summed E-state index contributed by atoms with van der Waals surface area (Å²) in [6.07, 6.45) is 0. The van der Waals surface area contributed by atoms with Gasteiger partial charge in [0.05, 0.1) is 5.52 Å². The third-order valence-corrected chi connectivity index (χ3v) is 2.20. The van der Waals surface area contributed by atoms with Crippen LogP contribution in [-0.4, -0.2) is 20.3 Å². The molecule has 0 aliphatic carbocycles. The Morgan fingerprint density at radius 3 is 2.93 bits per heavy atom. The van der Waals surface area contributed by atoms with Crippen LogP contribution in [0.5, 0.6) is 0 Å². The Hall–Kier alpha value is -2.17. The minimum Gasteiger partial charge on any atom is -0.332 e. The topological polar surface area (TPSA) is 67.6 Å². The number of rotatable bonds is 1. The van der Waals surface area contributed by atoms with Gasteiger partial charge in [0.1, 0.15) is 0 Å². The summed E-state index contributed by atoms with van der Waals surface area (Å²) in [4.78, 5) is 4.14. The second-order valence-electron chi connectivity index (χ2n) is 3.26. The third-order valence-electron chi connectivity index (χ3n) is 2.20. The van der Waals surface area contributed by atoms with Gasteiger partial charge in [-0.15, -0.1) is 0 Å². The molecule has 5 heteroatoms. The molecule has 3 rings (SSSR count). The predicted octanol–water partition coefficient (Wildman–Crippen LogP) is 1.92. The van der Waals surface area contributed by atoms with Crippen molar-refractivity contribution in [2.24, 2.45) is 0 Å². The smallest absolute Gasteiger partial charge is 0.279 e. The number of nitrogens with one attached hydrogen (secondary N) is 1. The van der Waals surface area contributed by atoms with Crippen LogP contribution in [0, 0.1) is 6.92 Å². The fraction of sp³-hybridized carbons (Fsp3) is 0.100. The largest absolute Gasteiger partial charge is 0.332 e. The molecular weight excluding hydrogens is 192 g/mol. The quantitative estimate of drug-likeness (QED) is 0.651. The lowest BCUT2D eigenvalue weighted by Gasteiger charge is -1.88. The average molecular weight is 200 g/mol. The molecule has 3 aromatic rings. The lowest BCUT2D eigenvalue weighted by molar-refractivity contribution is 0.424. The van der Waals surface area contributed by atoms with Gasteiger partial charge in [0, 0.05) is 5.39 Å². The molecule has 0 bridgehead atoms. The van der Waals surface area contributed by atoms with Crippen molar-refractivity contribution in [3.05, 3.63) is 30.1 Å². The van der Waals surface area contributed by atoms with E-state index in [1.165, 1.54) is 0 Å². The van der Waals surface area contributed by atoms with Gasteiger partial charge >= 0.3 is 0 Å². The first-order valence-corrected chi connectivity index (χ1v) is 4.58. The molecule has 1 aromatic carbocycles. The molecule has 74 valence electrons. The third kappa shape index (κ3) is 1.20. The van der Waals surface area contributed by atoms with E-state index in [-0.39, 0.29) is 0 Å². The average Bonchev–Trinajstić information content (AvgIpc) is 2.83. The van der Waals surface area contributed by atoms with Crippen LogP contribution in [0.4, 0.5) is 0 Å². The summed E-state index contributed by atoms with van der Waals surface area (Å²) in [6.45, 7) is 1.78. The Morgan fingerprint density at radius 1 is 1.27 bits per heavy atom. The molecule has 0 saturated heterocycles. The lowest BCUT2D eigenvalue weighted by atomic mass is 10.2. The molecule has 15 heavy (non-hydrogen) atoms. The molecule has 0 saturated carbocycles. The zero-order valence-corrected chi connectivity index (χ0v) is 8.06. The van der Waals surface area contributed by atoms with Gasteiger partial charge in [-0.1, -0.05) is 23.4 Å². The Morgan fingerprint density at radius 2 is 2.13 bits per heavy atom. The number of aromatic amines is 1. The van der Waals surface area contributed by atoms with E-state index in [1.807, 2.05) is 24.3 Å². The molecule has 1 N–H and O–H groups in total. The van der Waals surface area contributed by atoms with Crippen LogP contribution in [-0.2, 0) is 0 Å². The van der Waals surface area contributed by atoms with E-state index in [9.17, 15) is 0 Å². The number of para-hydroxylation sites is 1. The Bertz CT molecular complexity index is 610. The number of H-pyrrole nitrogens is 1. The van der Waals surface area contributed by atoms with E-state index in [4.69, 9.17) is 4.52 Å². The summed E-state index contributed by atoms with van der Waals surface area (Å²) >= 11 is 0. The highest BCUT2D eigenvalue weighted by Gasteiger charge is 2.13. The van der Waals surface area contributed by atoms with Crippen LogP contribution in [0.15, 0.2) is 28.8 Å². The Kier molecular flexibility index (Phi) is 1.58. The number of hydrogen-bond acceptors (Lipinski definition) is 4. The summed E-state index contributed by atoms with van der Waals surface area (Å²) in [5.41, 5.74) is 1.66. The Balaban J connectivity index is 2.27. The van der Waals surface area contributed by atoms with Gasteiger partial charge in [0.15, 0.2) is 11.5 Å². The normalized spacial score (nSPS) is 11.0. The molecule has 0 aliphatic heterocycles. The molecule has 0 amide bonds. The van der Waals surface area contributed by atoms with Crippen molar-refractivity contribution in [3.8, 4) is 11.6 Å². The van der Waals surface area contributed by atoms with Crippen LogP contribution in [0.25, 0.3) is 22.5 Å². The fourth-order valence-electron chi connectivity index (χ4n) is 1.52. The standard InChI is InChI=1S/C10H8N4O/c1-6-11-10(15-14-6)9-7-4-2-3-5-8(7)12-13-9/h2-5H,1H3,(H,12,13). The molecule has 0 spiro atoms. The number of benzene rings is 1. The lowest BCUT2D eigenvalue weighted by Crippen LogP contribution is -1.78. The van der Waals surface area contributed by atoms with Crippen LogP contribution < -0.4 is 0 Å². The molecule has 0 atom stereocenters. The van der Waals surface area contributed by atoms with Crippen LogP contribution >= 0.6 is 0 Å². The van der Waals surface area contributed by atoms with Crippen molar-refractivity contribution < 1.29 is 4.52 Å². The summed E-state index contributed by atoms with van der Waals surface area (Å²) in [7, 11) is 0. The predicted molar refractivity (Wildman–Crippen MR) is 54.1 cm³/mol. The summed E-state index contributed by atoms with van der Waals surface area (Å²) in [5.74, 6) is 1.06. The van der Waals surface area contributed by atoms with Crippen LogP contribution in [0.2, 0.25) is 0 Å².